The smallest absolute Gasteiger partial charge is 0.338 e. The van der Waals surface area contributed by atoms with Gasteiger partial charge >= 0.3 is 5.97 Å². The zero-order valence-corrected chi connectivity index (χ0v) is 12.0. The topological polar surface area (TPSA) is 29.5 Å². The van der Waals surface area contributed by atoms with Gasteiger partial charge in [-0.2, -0.15) is 0 Å². The molecule has 0 spiro atoms. The van der Waals surface area contributed by atoms with Crippen LogP contribution in [0.1, 0.15) is 18.4 Å². The Morgan fingerprint density at radius 2 is 1.84 bits per heavy atom. The molecule has 0 saturated carbocycles. The Morgan fingerprint density at radius 1 is 1.26 bits per heavy atom. The third-order valence-electron chi connectivity index (χ3n) is 3.31. The van der Waals surface area contributed by atoms with E-state index < -0.39 is 0 Å². The van der Waals surface area contributed by atoms with Crippen molar-refractivity contribution in [2.75, 3.05) is 20.1 Å². The van der Waals surface area contributed by atoms with Gasteiger partial charge in [0, 0.05) is 13.1 Å². The van der Waals surface area contributed by atoms with E-state index in [0.717, 1.165) is 31.5 Å². The Bertz CT molecular complexity index is 425. The number of benzene rings is 1. The van der Waals surface area contributed by atoms with Crippen molar-refractivity contribution >= 4 is 23.9 Å². The number of ether oxygens (including phenoxy) is 1. The molecule has 1 saturated heterocycles. The van der Waals surface area contributed by atoms with Crippen LogP contribution in [0.25, 0.3) is 5.57 Å². The molecule has 1 heterocycles. The number of hydrogen-bond acceptors (Lipinski definition) is 3. The van der Waals surface area contributed by atoms with Crippen molar-refractivity contribution in [3.8, 4) is 0 Å². The molecule has 3 nitrogen and oxygen atoms in total. The second-order valence-electron chi connectivity index (χ2n) is 4.75. The maximum Gasteiger partial charge on any atom is 0.338 e. The van der Waals surface area contributed by atoms with E-state index in [0.29, 0.717) is 5.57 Å². The van der Waals surface area contributed by atoms with Crippen LogP contribution in [0.15, 0.2) is 36.9 Å². The van der Waals surface area contributed by atoms with Gasteiger partial charge in [-0.05, 0) is 25.5 Å². The summed E-state index contributed by atoms with van der Waals surface area (Å²) in [4.78, 5) is 14.2. The van der Waals surface area contributed by atoms with Gasteiger partial charge < -0.3 is 9.64 Å². The summed E-state index contributed by atoms with van der Waals surface area (Å²) in [5.41, 5.74) is 1.27. The van der Waals surface area contributed by atoms with Crippen molar-refractivity contribution in [1.29, 1.82) is 0 Å². The molecule has 0 radical (unpaired) electrons. The van der Waals surface area contributed by atoms with Crippen molar-refractivity contribution in [2.45, 2.75) is 18.9 Å². The summed E-state index contributed by atoms with van der Waals surface area (Å²) in [6, 6.07) is 9.45. The summed E-state index contributed by atoms with van der Waals surface area (Å²) in [5, 5.41) is 0. The molecule has 0 N–H and O–H groups in total. The fourth-order valence-electron chi connectivity index (χ4n) is 2.08. The van der Waals surface area contributed by atoms with Crippen molar-refractivity contribution in [2.24, 2.45) is 0 Å². The standard InChI is InChI=1S/C15H19NO2.ClH/c1-12(13-6-4-3-5-7-13)15(17)18-14-8-10-16(2)11-9-14;/h3-7,14H,1,8-11H2,2H3;1H. The average Bonchev–Trinajstić information content (AvgIpc) is 2.41. The number of nitrogens with zero attached hydrogens (tertiary/aromatic N) is 1. The van der Waals surface area contributed by atoms with Crippen molar-refractivity contribution in [1.82, 2.24) is 4.90 Å². The predicted octanol–water partition coefficient (Wildman–Crippen LogP) is 2.76. The first-order valence-electron chi connectivity index (χ1n) is 6.30. The lowest BCUT2D eigenvalue weighted by Crippen LogP contribution is -2.35. The highest BCUT2D eigenvalue weighted by molar-refractivity contribution is 6.15. The van der Waals surface area contributed by atoms with Crippen molar-refractivity contribution in [3.05, 3.63) is 42.5 Å². The van der Waals surface area contributed by atoms with Gasteiger partial charge in [0.25, 0.3) is 0 Å². The third-order valence-corrected chi connectivity index (χ3v) is 3.31. The SMILES string of the molecule is C=C(C(=O)OC1CCN(C)CC1)c1ccccc1.Cl. The molecule has 0 aliphatic carbocycles. The van der Waals surface area contributed by atoms with Gasteiger partial charge in [-0.25, -0.2) is 4.79 Å². The van der Waals surface area contributed by atoms with Crippen LogP contribution >= 0.6 is 12.4 Å². The van der Waals surface area contributed by atoms with Crippen LogP contribution in [0.4, 0.5) is 0 Å². The fourth-order valence-corrected chi connectivity index (χ4v) is 2.08. The second kappa shape index (κ2) is 7.31. The van der Waals surface area contributed by atoms with Crippen LogP contribution in [-0.4, -0.2) is 37.1 Å². The molecular formula is C15H20ClNO2. The Labute approximate surface area is 120 Å². The van der Waals surface area contributed by atoms with E-state index in [2.05, 4.69) is 18.5 Å². The molecule has 104 valence electrons. The maximum atomic E-state index is 12.0. The molecule has 0 bridgehead atoms. The predicted molar refractivity (Wildman–Crippen MR) is 79.3 cm³/mol. The lowest BCUT2D eigenvalue weighted by molar-refractivity contribution is -0.143. The van der Waals surface area contributed by atoms with E-state index in [-0.39, 0.29) is 24.5 Å². The Kier molecular flexibility index (Phi) is 6.06. The summed E-state index contributed by atoms with van der Waals surface area (Å²) in [6.45, 7) is 5.78. The minimum atomic E-state index is -0.296. The molecule has 0 amide bonds. The number of rotatable bonds is 3. The average molecular weight is 282 g/mol. The summed E-state index contributed by atoms with van der Waals surface area (Å²) in [6.07, 6.45) is 1.85. The summed E-state index contributed by atoms with van der Waals surface area (Å²) < 4.78 is 5.49. The number of carbonyl (C=O) groups excluding carboxylic acids is 1. The molecule has 0 aromatic heterocycles. The molecule has 1 fully saturated rings. The highest BCUT2D eigenvalue weighted by Crippen LogP contribution is 2.18. The first-order valence-corrected chi connectivity index (χ1v) is 6.30. The Morgan fingerprint density at radius 3 is 2.42 bits per heavy atom. The van der Waals surface area contributed by atoms with Crippen LogP contribution in [-0.2, 0) is 9.53 Å². The maximum absolute atomic E-state index is 12.0. The number of carbonyl (C=O) groups is 1. The van der Waals surface area contributed by atoms with Gasteiger partial charge in [0.15, 0.2) is 0 Å². The van der Waals surface area contributed by atoms with Gasteiger partial charge in [-0.15, -0.1) is 12.4 Å². The monoisotopic (exact) mass is 281 g/mol. The highest BCUT2D eigenvalue weighted by Gasteiger charge is 2.21. The number of likely N-dealkylation sites (tertiary alicyclic amines) is 1. The normalized spacial score (nSPS) is 16.5. The van der Waals surface area contributed by atoms with E-state index in [9.17, 15) is 4.79 Å². The lowest BCUT2D eigenvalue weighted by Gasteiger charge is -2.28. The quantitative estimate of drug-likeness (QED) is 0.630. The molecule has 4 heteroatoms. The van der Waals surface area contributed by atoms with Crippen LogP contribution in [0.2, 0.25) is 0 Å². The molecule has 19 heavy (non-hydrogen) atoms. The highest BCUT2D eigenvalue weighted by atomic mass is 35.5. The minimum Gasteiger partial charge on any atom is -0.459 e. The number of halogens is 1. The molecule has 1 aliphatic rings. The van der Waals surface area contributed by atoms with E-state index in [1.165, 1.54) is 0 Å². The Balaban J connectivity index is 0.00000180. The van der Waals surface area contributed by atoms with Gasteiger partial charge in [0.2, 0.25) is 0 Å². The largest absolute Gasteiger partial charge is 0.459 e. The number of piperidine rings is 1. The van der Waals surface area contributed by atoms with Gasteiger partial charge in [-0.1, -0.05) is 36.9 Å². The van der Waals surface area contributed by atoms with Crippen LogP contribution < -0.4 is 0 Å². The van der Waals surface area contributed by atoms with Gasteiger partial charge in [0.05, 0.1) is 5.57 Å². The molecule has 0 unspecified atom stereocenters. The van der Waals surface area contributed by atoms with Gasteiger partial charge in [-0.3, -0.25) is 0 Å². The van der Waals surface area contributed by atoms with E-state index in [4.69, 9.17) is 4.74 Å². The lowest BCUT2D eigenvalue weighted by atomic mass is 10.1. The second-order valence-corrected chi connectivity index (χ2v) is 4.75. The van der Waals surface area contributed by atoms with E-state index in [1.807, 2.05) is 30.3 Å². The third kappa shape index (κ3) is 4.37. The number of hydrogen-bond donors (Lipinski definition) is 0. The zero-order chi connectivity index (χ0) is 13.0. The Hall–Kier alpha value is -1.32. The molecule has 2 rings (SSSR count). The summed E-state index contributed by atoms with van der Waals surface area (Å²) in [7, 11) is 2.08. The first kappa shape index (κ1) is 15.7. The zero-order valence-electron chi connectivity index (χ0n) is 11.2. The summed E-state index contributed by atoms with van der Waals surface area (Å²) in [5.74, 6) is -0.296. The first-order chi connectivity index (χ1) is 8.66. The fraction of sp³-hybridized carbons (Fsp3) is 0.400. The van der Waals surface area contributed by atoms with Crippen molar-refractivity contribution in [3.63, 3.8) is 0 Å². The van der Waals surface area contributed by atoms with Gasteiger partial charge in [0.1, 0.15) is 6.10 Å². The van der Waals surface area contributed by atoms with E-state index >= 15 is 0 Å². The van der Waals surface area contributed by atoms with Crippen LogP contribution in [0.3, 0.4) is 0 Å². The minimum absolute atomic E-state index is 0. The van der Waals surface area contributed by atoms with E-state index in [1.54, 1.807) is 0 Å². The van der Waals surface area contributed by atoms with Crippen LogP contribution in [0, 0.1) is 0 Å². The molecule has 1 aromatic rings. The molecule has 0 atom stereocenters. The summed E-state index contributed by atoms with van der Waals surface area (Å²) >= 11 is 0. The van der Waals surface area contributed by atoms with Crippen LogP contribution in [0.5, 0.6) is 0 Å². The molecular weight excluding hydrogens is 262 g/mol. The number of esters is 1. The molecule has 1 aliphatic heterocycles. The van der Waals surface area contributed by atoms with Crippen molar-refractivity contribution < 1.29 is 9.53 Å². The molecule has 1 aromatic carbocycles.